The van der Waals surface area contributed by atoms with Gasteiger partial charge < -0.3 is 4.74 Å². The number of ether oxygens (including phenoxy) is 1. The van der Waals surface area contributed by atoms with Crippen molar-refractivity contribution in [3.63, 3.8) is 0 Å². The van der Waals surface area contributed by atoms with Gasteiger partial charge in [-0.05, 0) is 24.6 Å². The molecule has 4 nitrogen and oxygen atoms in total. The van der Waals surface area contributed by atoms with Crippen molar-refractivity contribution in [2.75, 3.05) is 0 Å². The van der Waals surface area contributed by atoms with E-state index in [0.717, 1.165) is 4.47 Å². The van der Waals surface area contributed by atoms with Crippen LogP contribution in [0.5, 0.6) is 5.75 Å². The van der Waals surface area contributed by atoms with Gasteiger partial charge in [0.15, 0.2) is 6.10 Å². The molecule has 0 aromatic heterocycles. The van der Waals surface area contributed by atoms with Crippen LogP contribution in [-0.4, -0.2) is 12.0 Å². The fourth-order valence-electron chi connectivity index (χ4n) is 1.14. The molecule has 0 unspecified atom stereocenters. The highest BCUT2D eigenvalue weighted by Crippen LogP contribution is 2.28. The van der Waals surface area contributed by atoms with Crippen molar-refractivity contribution in [3.8, 4) is 5.75 Å². The van der Waals surface area contributed by atoms with Crippen LogP contribution < -0.4 is 16.0 Å². The molecule has 0 aliphatic heterocycles. The highest BCUT2D eigenvalue weighted by molar-refractivity contribution is 9.10. The molecule has 0 saturated carbocycles. The van der Waals surface area contributed by atoms with Gasteiger partial charge in [-0.1, -0.05) is 34.5 Å². The Labute approximate surface area is 107 Å². The molecule has 1 aromatic rings. The fraction of sp³-hybridized carbons (Fsp3) is 0.300. The number of benzene rings is 1. The number of hydrazine groups is 1. The second-order valence-electron chi connectivity index (χ2n) is 3.10. The van der Waals surface area contributed by atoms with Crippen molar-refractivity contribution in [1.82, 2.24) is 5.43 Å². The Morgan fingerprint density at radius 2 is 2.38 bits per heavy atom. The van der Waals surface area contributed by atoms with E-state index in [9.17, 15) is 4.79 Å². The van der Waals surface area contributed by atoms with Gasteiger partial charge >= 0.3 is 0 Å². The third-order valence-corrected chi connectivity index (χ3v) is 2.76. The van der Waals surface area contributed by atoms with Gasteiger partial charge in [0, 0.05) is 4.47 Å². The fourth-order valence-corrected chi connectivity index (χ4v) is 1.86. The van der Waals surface area contributed by atoms with E-state index in [0.29, 0.717) is 17.2 Å². The Balaban J connectivity index is 2.82. The summed E-state index contributed by atoms with van der Waals surface area (Å²) in [5, 5.41) is 0.442. The molecule has 6 heteroatoms. The number of carbonyl (C=O) groups is 1. The third-order valence-electron chi connectivity index (χ3n) is 1.97. The van der Waals surface area contributed by atoms with Crippen LogP contribution in [0.4, 0.5) is 0 Å². The lowest BCUT2D eigenvalue weighted by Gasteiger charge is -2.16. The van der Waals surface area contributed by atoms with Crippen LogP contribution in [0.15, 0.2) is 22.7 Å². The molecule has 1 atom stereocenters. The largest absolute Gasteiger partial charge is 0.479 e. The van der Waals surface area contributed by atoms with Crippen molar-refractivity contribution in [2.24, 2.45) is 5.84 Å². The molecule has 1 amide bonds. The minimum atomic E-state index is -0.635. The van der Waals surface area contributed by atoms with Gasteiger partial charge in [-0.25, -0.2) is 5.84 Å². The second kappa shape index (κ2) is 6.08. The zero-order chi connectivity index (χ0) is 12.1. The standard InChI is InChI=1S/C10H12BrClN2O2/c1-2-8(10(15)14-13)16-9-4-3-6(11)5-7(9)12/h3-5,8H,2,13H2,1H3,(H,14,15)/t8-/m0/s1. The molecule has 1 aromatic carbocycles. The van der Waals surface area contributed by atoms with Crippen molar-refractivity contribution in [1.29, 1.82) is 0 Å². The minimum Gasteiger partial charge on any atom is -0.479 e. The van der Waals surface area contributed by atoms with Crippen LogP contribution >= 0.6 is 27.5 Å². The van der Waals surface area contributed by atoms with E-state index in [4.69, 9.17) is 22.2 Å². The summed E-state index contributed by atoms with van der Waals surface area (Å²) in [6.07, 6.45) is -0.126. The summed E-state index contributed by atoms with van der Waals surface area (Å²) in [7, 11) is 0. The van der Waals surface area contributed by atoms with Gasteiger partial charge in [0.05, 0.1) is 5.02 Å². The van der Waals surface area contributed by atoms with Crippen LogP contribution in [0.25, 0.3) is 0 Å². The number of amides is 1. The average molecular weight is 308 g/mol. The smallest absolute Gasteiger partial charge is 0.274 e. The number of nitrogens with one attached hydrogen (secondary N) is 1. The van der Waals surface area contributed by atoms with E-state index >= 15 is 0 Å². The topological polar surface area (TPSA) is 64.3 Å². The first-order chi connectivity index (χ1) is 7.58. The van der Waals surface area contributed by atoms with Crippen molar-refractivity contribution >= 4 is 33.4 Å². The lowest BCUT2D eigenvalue weighted by molar-refractivity contribution is -0.128. The number of carbonyl (C=O) groups excluding carboxylic acids is 1. The van der Waals surface area contributed by atoms with E-state index in [1.165, 1.54) is 0 Å². The molecule has 0 saturated heterocycles. The van der Waals surface area contributed by atoms with E-state index in [1.54, 1.807) is 18.2 Å². The first-order valence-corrected chi connectivity index (χ1v) is 5.87. The maximum atomic E-state index is 11.3. The number of hydrogen-bond acceptors (Lipinski definition) is 3. The number of rotatable bonds is 4. The summed E-state index contributed by atoms with van der Waals surface area (Å²) in [4.78, 5) is 11.3. The Kier molecular flexibility index (Phi) is 5.05. The molecule has 0 heterocycles. The molecule has 0 spiro atoms. The Morgan fingerprint density at radius 1 is 1.69 bits per heavy atom. The van der Waals surface area contributed by atoms with E-state index < -0.39 is 6.10 Å². The maximum Gasteiger partial charge on any atom is 0.274 e. The van der Waals surface area contributed by atoms with Gasteiger partial charge in [0.25, 0.3) is 5.91 Å². The SMILES string of the molecule is CC[C@H](Oc1ccc(Br)cc1Cl)C(=O)NN. The lowest BCUT2D eigenvalue weighted by atomic mass is 10.2. The minimum absolute atomic E-state index is 0.374. The molecule has 3 N–H and O–H groups in total. The lowest BCUT2D eigenvalue weighted by Crippen LogP contribution is -2.41. The molecular weight excluding hydrogens is 295 g/mol. The molecule has 1 rings (SSSR count). The number of nitrogens with two attached hydrogens (primary N) is 1. The molecular formula is C10H12BrClN2O2. The van der Waals surface area contributed by atoms with Crippen molar-refractivity contribution < 1.29 is 9.53 Å². The molecule has 16 heavy (non-hydrogen) atoms. The molecule has 88 valence electrons. The maximum absolute atomic E-state index is 11.3. The highest BCUT2D eigenvalue weighted by Gasteiger charge is 2.18. The highest BCUT2D eigenvalue weighted by atomic mass is 79.9. The first-order valence-electron chi connectivity index (χ1n) is 4.70. The van der Waals surface area contributed by atoms with Crippen LogP contribution in [0.1, 0.15) is 13.3 Å². The zero-order valence-electron chi connectivity index (χ0n) is 8.67. The Hall–Kier alpha value is -0.780. The van der Waals surface area contributed by atoms with Gasteiger partial charge in [-0.15, -0.1) is 0 Å². The second-order valence-corrected chi connectivity index (χ2v) is 4.42. The van der Waals surface area contributed by atoms with Crippen LogP contribution in [-0.2, 0) is 4.79 Å². The van der Waals surface area contributed by atoms with Crippen LogP contribution in [0, 0.1) is 0 Å². The molecule has 0 radical (unpaired) electrons. The Bertz CT molecular complexity index is 387. The average Bonchev–Trinajstić information content (AvgIpc) is 2.27. The predicted molar refractivity (Wildman–Crippen MR) is 66.2 cm³/mol. The molecule has 0 bridgehead atoms. The van der Waals surface area contributed by atoms with E-state index in [1.807, 2.05) is 6.92 Å². The summed E-state index contributed by atoms with van der Waals surface area (Å²) in [6, 6.07) is 5.18. The van der Waals surface area contributed by atoms with E-state index in [-0.39, 0.29) is 5.91 Å². The molecule has 0 fully saturated rings. The predicted octanol–water partition coefficient (Wildman–Crippen LogP) is 2.25. The zero-order valence-corrected chi connectivity index (χ0v) is 11.0. The summed E-state index contributed by atoms with van der Waals surface area (Å²) < 4.78 is 6.31. The Morgan fingerprint density at radius 3 is 2.88 bits per heavy atom. The summed E-state index contributed by atoms with van der Waals surface area (Å²) in [5.74, 6) is 5.13. The first kappa shape index (κ1) is 13.3. The van der Waals surface area contributed by atoms with Crippen LogP contribution in [0.3, 0.4) is 0 Å². The van der Waals surface area contributed by atoms with Gasteiger partial charge in [0.1, 0.15) is 5.75 Å². The third kappa shape index (κ3) is 3.37. The van der Waals surface area contributed by atoms with Crippen molar-refractivity contribution in [2.45, 2.75) is 19.4 Å². The van der Waals surface area contributed by atoms with E-state index in [2.05, 4.69) is 21.4 Å². The quantitative estimate of drug-likeness (QED) is 0.509. The molecule has 0 aliphatic carbocycles. The normalized spacial score (nSPS) is 12.0. The number of halogens is 2. The monoisotopic (exact) mass is 306 g/mol. The van der Waals surface area contributed by atoms with Crippen molar-refractivity contribution in [3.05, 3.63) is 27.7 Å². The number of hydrogen-bond donors (Lipinski definition) is 2. The summed E-state index contributed by atoms with van der Waals surface area (Å²) in [6.45, 7) is 1.83. The van der Waals surface area contributed by atoms with Gasteiger partial charge in [0.2, 0.25) is 0 Å². The van der Waals surface area contributed by atoms with Gasteiger partial charge in [-0.2, -0.15) is 0 Å². The molecule has 0 aliphatic rings. The summed E-state index contributed by atoms with van der Waals surface area (Å²) >= 11 is 9.24. The van der Waals surface area contributed by atoms with Crippen LogP contribution in [0.2, 0.25) is 5.02 Å². The summed E-state index contributed by atoms with van der Waals surface area (Å²) in [5.41, 5.74) is 2.05. The van der Waals surface area contributed by atoms with Gasteiger partial charge in [-0.3, -0.25) is 10.2 Å².